The van der Waals surface area contributed by atoms with Crippen LogP contribution in [0.4, 0.5) is 0 Å². The third-order valence-corrected chi connectivity index (χ3v) is 3.83. The Balaban J connectivity index is 2.32. The summed E-state index contributed by atoms with van der Waals surface area (Å²) in [6.45, 7) is 4.65. The van der Waals surface area contributed by atoms with E-state index in [2.05, 4.69) is 48.5 Å². The van der Waals surface area contributed by atoms with E-state index in [1.807, 2.05) is 7.05 Å². The fourth-order valence-electron chi connectivity index (χ4n) is 2.41. The molecule has 0 amide bonds. The largest absolute Gasteiger partial charge is 0.396 e. The summed E-state index contributed by atoms with van der Waals surface area (Å²) < 4.78 is 0. The fourth-order valence-corrected chi connectivity index (χ4v) is 2.41. The van der Waals surface area contributed by atoms with E-state index in [1.165, 1.54) is 17.5 Å². The summed E-state index contributed by atoms with van der Waals surface area (Å²) in [7, 11) is 4.21. The molecule has 2 N–H and O–H groups in total. The molecule has 1 aromatic carbocycles. The first-order valence-corrected chi connectivity index (χ1v) is 7.70. The number of benzene rings is 1. The van der Waals surface area contributed by atoms with Gasteiger partial charge < -0.3 is 15.3 Å². The number of hydrogen-bond acceptors (Lipinski definition) is 3. The van der Waals surface area contributed by atoms with Gasteiger partial charge in [0.25, 0.3) is 0 Å². The molecule has 0 heterocycles. The number of nitrogens with one attached hydrogen (secondary N) is 1. The van der Waals surface area contributed by atoms with E-state index in [-0.39, 0.29) is 0 Å². The highest BCUT2D eigenvalue weighted by Gasteiger charge is 2.10. The maximum absolute atomic E-state index is 8.76. The van der Waals surface area contributed by atoms with Gasteiger partial charge in [0.1, 0.15) is 0 Å². The van der Waals surface area contributed by atoms with Gasteiger partial charge in [-0.25, -0.2) is 0 Å². The third kappa shape index (κ3) is 6.51. The monoisotopic (exact) mass is 278 g/mol. The van der Waals surface area contributed by atoms with Crippen LogP contribution >= 0.6 is 0 Å². The second-order valence-corrected chi connectivity index (χ2v) is 5.63. The zero-order valence-corrected chi connectivity index (χ0v) is 13.2. The lowest BCUT2D eigenvalue weighted by molar-refractivity contribution is 0.269. The van der Waals surface area contributed by atoms with Crippen molar-refractivity contribution in [3.8, 4) is 0 Å². The lowest BCUT2D eigenvalue weighted by Crippen LogP contribution is -2.26. The van der Waals surface area contributed by atoms with Gasteiger partial charge in [-0.15, -0.1) is 0 Å². The van der Waals surface area contributed by atoms with Gasteiger partial charge in [0.05, 0.1) is 0 Å². The minimum atomic E-state index is 0.318. The maximum Gasteiger partial charge on any atom is 0.0431 e. The smallest absolute Gasteiger partial charge is 0.0431 e. The molecule has 0 saturated heterocycles. The number of aryl methyl sites for hydroxylation is 1. The second kappa shape index (κ2) is 9.92. The average molecular weight is 278 g/mol. The zero-order valence-electron chi connectivity index (χ0n) is 13.2. The van der Waals surface area contributed by atoms with Gasteiger partial charge >= 0.3 is 0 Å². The molecule has 1 aromatic rings. The molecule has 0 aromatic heterocycles. The Morgan fingerprint density at radius 3 is 2.40 bits per heavy atom. The SMILES string of the molecule is CNC(CCN(C)CCCCCO)c1ccc(C)cc1. The Morgan fingerprint density at radius 1 is 1.10 bits per heavy atom. The minimum Gasteiger partial charge on any atom is -0.396 e. The highest BCUT2D eigenvalue weighted by Crippen LogP contribution is 2.17. The Labute approximate surface area is 124 Å². The highest BCUT2D eigenvalue weighted by molar-refractivity contribution is 5.24. The summed E-state index contributed by atoms with van der Waals surface area (Å²) in [5, 5.41) is 12.2. The van der Waals surface area contributed by atoms with Gasteiger partial charge in [0.15, 0.2) is 0 Å². The first-order chi connectivity index (χ1) is 9.67. The molecule has 0 aliphatic rings. The van der Waals surface area contributed by atoms with Crippen molar-refractivity contribution < 1.29 is 5.11 Å². The number of nitrogens with zero attached hydrogens (tertiary/aromatic N) is 1. The zero-order chi connectivity index (χ0) is 14.8. The van der Waals surface area contributed by atoms with Crippen molar-refractivity contribution in [3.05, 3.63) is 35.4 Å². The Bertz CT molecular complexity index is 351. The molecule has 0 saturated carbocycles. The summed E-state index contributed by atoms with van der Waals surface area (Å²) in [5.41, 5.74) is 2.68. The Morgan fingerprint density at radius 2 is 1.80 bits per heavy atom. The Hall–Kier alpha value is -0.900. The molecule has 0 aliphatic heterocycles. The van der Waals surface area contributed by atoms with E-state index in [0.717, 1.165) is 32.4 Å². The van der Waals surface area contributed by atoms with Crippen LogP contribution in [0.2, 0.25) is 0 Å². The third-order valence-electron chi connectivity index (χ3n) is 3.83. The number of unbranched alkanes of at least 4 members (excludes halogenated alkanes) is 2. The van der Waals surface area contributed by atoms with Crippen molar-refractivity contribution in [2.75, 3.05) is 33.8 Å². The van der Waals surface area contributed by atoms with Crippen molar-refractivity contribution in [3.63, 3.8) is 0 Å². The molecule has 0 bridgehead atoms. The van der Waals surface area contributed by atoms with E-state index < -0.39 is 0 Å². The topological polar surface area (TPSA) is 35.5 Å². The molecule has 114 valence electrons. The van der Waals surface area contributed by atoms with E-state index in [4.69, 9.17) is 5.11 Å². The molecule has 3 heteroatoms. The number of rotatable bonds is 10. The lowest BCUT2D eigenvalue weighted by Gasteiger charge is -2.22. The molecule has 1 rings (SSSR count). The second-order valence-electron chi connectivity index (χ2n) is 5.63. The first-order valence-electron chi connectivity index (χ1n) is 7.70. The van der Waals surface area contributed by atoms with Gasteiger partial charge in [-0.3, -0.25) is 0 Å². The number of aliphatic hydroxyl groups excluding tert-OH is 1. The van der Waals surface area contributed by atoms with Gasteiger partial charge in [0, 0.05) is 12.6 Å². The summed E-state index contributed by atoms with van der Waals surface area (Å²) in [4.78, 5) is 2.38. The van der Waals surface area contributed by atoms with Crippen LogP contribution in [0.25, 0.3) is 0 Å². The molecule has 0 radical (unpaired) electrons. The lowest BCUT2D eigenvalue weighted by atomic mass is 10.0. The van der Waals surface area contributed by atoms with Crippen LogP contribution in [0.5, 0.6) is 0 Å². The molecule has 1 unspecified atom stereocenters. The molecule has 20 heavy (non-hydrogen) atoms. The molecular formula is C17H30N2O. The molecule has 3 nitrogen and oxygen atoms in total. The minimum absolute atomic E-state index is 0.318. The summed E-state index contributed by atoms with van der Waals surface area (Å²) in [6, 6.07) is 9.22. The van der Waals surface area contributed by atoms with E-state index in [9.17, 15) is 0 Å². The van der Waals surface area contributed by atoms with Crippen LogP contribution in [0.3, 0.4) is 0 Å². The predicted molar refractivity (Wildman–Crippen MR) is 86.0 cm³/mol. The van der Waals surface area contributed by atoms with Crippen LogP contribution in [-0.4, -0.2) is 43.8 Å². The number of hydrogen-bond donors (Lipinski definition) is 2. The van der Waals surface area contributed by atoms with Crippen molar-refractivity contribution in [2.24, 2.45) is 0 Å². The summed E-state index contributed by atoms with van der Waals surface area (Å²) in [6.07, 6.45) is 4.34. The Kier molecular flexibility index (Phi) is 8.51. The first kappa shape index (κ1) is 17.2. The molecule has 0 spiro atoms. The maximum atomic E-state index is 8.76. The van der Waals surface area contributed by atoms with Crippen LogP contribution in [0.1, 0.15) is 42.9 Å². The standard InChI is InChI=1S/C17H30N2O/c1-15-7-9-16(10-8-15)17(18-2)11-13-19(3)12-5-4-6-14-20/h7-10,17-18,20H,4-6,11-14H2,1-3H3. The van der Waals surface area contributed by atoms with E-state index >= 15 is 0 Å². The molecular weight excluding hydrogens is 248 g/mol. The van der Waals surface area contributed by atoms with Crippen molar-refractivity contribution in [2.45, 2.75) is 38.6 Å². The van der Waals surface area contributed by atoms with E-state index in [0.29, 0.717) is 12.6 Å². The molecule has 1 atom stereocenters. The van der Waals surface area contributed by atoms with Crippen LogP contribution in [-0.2, 0) is 0 Å². The fraction of sp³-hybridized carbons (Fsp3) is 0.647. The van der Waals surface area contributed by atoms with Crippen LogP contribution in [0, 0.1) is 6.92 Å². The van der Waals surface area contributed by atoms with Crippen molar-refractivity contribution in [1.82, 2.24) is 10.2 Å². The van der Waals surface area contributed by atoms with E-state index in [1.54, 1.807) is 0 Å². The quantitative estimate of drug-likeness (QED) is 0.646. The van der Waals surface area contributed by atoms with Crippen molar-refractivity contribution in [1.29, 1.82) is 0 Å². The van der Waals surface area contributed by atoms with Crippen LogP contribution in [0.15, 0.2) is 24.3 Å². The summed E-state index contributed by atoms with van der Waals surface area (Å²) >= 11 is 0. The van der Waals surface area contributed by atoms with Gasteiger partial charge in [-0.05, 0) is 65.4 Å². The van der Waals surface area contributed by atoms with Gasteiger partial charge in [-0.1, -0.05) is 29.8 Å². The number of aliphatic hydroxyl groups is 1. The molecule has 0 aliphatic carbocycles. The predicted octanol–water partition coefficient (Wildman–Crippen LogP) is 2.74. The normalized spacial score (nSPS) is 12.8. The van der Waals surface area contributed by atoms with Crippen LogP contribution < -0.4 is 5.32 Å². The average Bonchev–Trinajstić information content (AvgIpc) is 2.46. The molecule has 0 fully saturated rings. The van der Waals surface area contributed by atoms with Gasteiger partial charge in [-0.2, -0.15) is 0 Å². The highest BCUT2D eigenvalue weighted by atomic mass is 16.2. The van der Waals surface area contributed by atoms with Gasteiger partial charge in [0.2, 0.25) is 0 Å². The summed E-state index contributed by atoms with van der Waals surface area (Å²) in [5.74, 6) is 0. The van der Waals surface area contributed by atoms with Crippen molar-refractivity contribution >= 4 is 0 Å².